The second kappa shape index (κ2) is 3.31. The van der Waals surface area contributed by atoms with Crippen molar-refractivity contribution in [2.45, 2.75) is 12.8 Å². The van der Waals surface area contributed by atoms with Crippen LogP contribution >= 0.6 is 15.9 Å². The summed E-state index contributed by atoms with van der Waals surface area (Å²) in [6.07, 6.45) is 1.74. The van der Waals surface area contributed by atoms with Crippen molar-refractivity contribution >= 4 is 21.9 Å². The molecule has 5 heteroatoms. The molecule has 0 saturated heterocycles. The Balaban J connectivity index is 2.43. The first-order chi connectivity index (χ1) is 6.59. The topological polar surface area (TPSA) is 50.2 Å². The van der Waals surface area contributed by atoms with Gasteiger partial charge < -0.3 is 5.11 Å². The highest BCUT2D eigenvalue weighted by Gasteiger charge is 2.31. The third-order valence-electron chi connectivity index (χ3n) is 2.44. The van der Waals surface area contributed by atoms with E-state index in [9.17, 15) is 9.18 Å². The van der Waals surface area contributed by atoms with E-state index in [1.165, 1.54) is 0 Å². The summed E-state index contributed by atoms with van der Waals surface area (Å²) in [6, 6.07) is 0. The molecule has 1 unspecified atom stereocenters. The summed E-state index contributed by atoms with van der Waals surface area (Å²) in [7, 11) is 0. The van der Waals surface area contributed by atoms with E-state index in [2.05, 4.69) is 20.9 Å². The lowest BCUT2D eigenvalue weighted by Gasteiger charge is -2.00. The van der Waals surface area contributed by atoms with Crippen molar-refractivity contribution in [1.29, 1.82) is 0 Å². The molecule has 2 rings (SSSR count). The van der Waals surface area contributed by atoms with E-state index in [0.717, 1.165) is 6.20 Å². The third-order valence-corrected chi connectivity index (χ3v) is 3.13. The number of hydrogen-bond acceptors (Lipinski definition) is 2. The highest BCUT2D eigenvalue weighted by molar-refractivity contribution is 9.10. The van der Waals surface area contributed by atoms with Crippen LogP contribution in [0.3, 0.4) is 0 Å². The number of halogens is 2. The van der Waals surface area contributed by atoms with Crippen LogP contribution in [0.1, 0.15) is 11.1 Å². The maximum absolute atomic E-state index is 13.2. The Morgan fingerprint density at radius 1 is 1.57 bits per heavy atom. The van der Waals surface area contributed by atoms with Gasteiger partial charge in [-0.1, -0.05) is 0 Å². The smallest absolute Gasteiger partial charge is 0.307 e. The number of fused-ring (bicyclic) bond motifs is 1. The van der Waals surface area contributed by atoms with Gasteiger partial charge in [-0.25, -0.2) is 9.37 Å². The lowest BCUT2D eigenvalue weighted by atomic mass is 10.1. The lowest BCUT2D eigenvalue weighted by Crippen LogP contribution is -2.13. The summed E-state index contributed by atoms with van der Waals surface area (Å²) in [5, 5.41) is 8.81. The molecule has 1 aromatic heterocycles. The predicted octanol–water partition coefficient (Wildman–Crippen LogP) is 1.78. The van der Waals surface area contributed by atoms with Crippen LogP contribution in [0.4, 0.5) is 4.39 Å². The molecule has 14 heavy (non-hydrogen) atoms. The van der Waals surface area contributed by atoms with Gasteiger partial charge in [0.15, 0.2) is 0 Å². The normalized spacial score (nSPS) is 19.4. The highest BCUT2D eigenvalue weighted by Crippen LogP contribution is 2.32. The summed E-state index contributed by atoms with van der Waals surface area (Å²) in [6.45, 7) is 0. The molecule has 1 N–H and O–H groups in total. The third kappa shape index (κ3) is 1.41. The average Bonchev–Trinajstić information content (AvgIpc) is 2.57. The van der Waals surface area contributed by atoms with Gasteiger partial charge in [-0.05, 0) is 39.9 Å². The Hall–Kier alpha value is -0.970. The van der Waals surface area contributed by atoms with Crippen LogP contribution in [0.25, 0.3) is 0 Å². The summed E-state index contributed by atoms with van der Waals surface area (Å²) < 4.78 is 13.8. The first kappa shape index (κ1) is 9.58. The minimum Gasteiger partial charge on any atom is -0.481 e. The van der Waals surface area contributed by atoms with Crippen LogP contribution < -0.4 is 0 Å². The number of carboxylic acid groups (broad SMARTS) is 1. The highest BCUT2D eigenvalue weighted by atomic mass is 79.9. The Kier molecular flexibility index (Phi) is 2.26. The minimum absolute atomic E-state index is 0.262. The molecule has 0 radical (unpaired) electrons. The van der Waals surface area contributed by atoms with E-state index in [1.807, 2.05) is 0 Å². The first-order valence-electron chi connectivity index (χ1n) is 4.14. The molecule has 1 aromatic rings. The lowest BCUT2D eigenvalue weighted by molar-refractivity contribution is -0.141. The predicted molar refractivity (Wildman–Crippen MR) is 50.4 cm³/mol. The van der Waals surface area contributed by atoms with E-state index >= 15 is 0 Å². The SMILES string of the molecule is O=C(O)C1Cc2c(F)cnc(Br)c2C1. The van der Waals surface area contributed by atoms with Crippen molar-refractivity contribution in [3.05, 3.63) is 27.7 Å². The number of aliphatic carboxylic acids is 1. The molecule has 1 aliphatic rings. The van der Waals surface area contributed by atoms with E-state index in [1.54, 1.807) is 0 Å². The van der Waals surface area contributed by atoms with Gasteiger partial charge in [-0.2, -0.15) is 0 Å². The Morgan fingerprint density at radius 3 is 2.79 bits per heavy atom. The van der Waals surface area contributed by atoms with Crippen LogP contribution in [-0.2, 0) is 17.6 Å². The summed E-state index contributed by atoms with van der Waals surface area (Å²) >= 11 is 3.19. The fraction of sp³-hybridized carbons (Fsp3) is 0.333. The van der Waals surface area contributed by atoms with Crippen LogP contribution in [0.15, 0.2) is 10.8 Å². The minimum atomic E-state index is -0.882. The number of rotatable bonds is 1. The molecule has 0 spiro atoms. The van der Waals surface area contributed by atoms with Gasteiger partial charge in [0, 0.05) is 0 Å². The molecule has 0 aromatic carbocycles. The van der Waals surface area contributed by atoms with Crippen LogP contribution in [0.2, 0.25) is 0 Å². The molecule has 3 nitrogen and oxygen atoms in total. The Morgan fingerprint density at radius 2 is 2.21 bits per heavy atom. The number of carboxylic acids is 1. The maximum atomic E-state index is 13.2. The molecule has 0 saturated carbocycles. The van der Waals surface area contributed by atoms with Gasteiger partial charge in [0.25, 0.3) is 0 Å². The molecular formula is C9H7BrFNO2. The number of nitrogens with zero attached hydrogens (tertiary/aromatic N) is 1. The number of hydrogen-bond donors (Lipinski definition) is 1. The Labute approximate surface area is 88.1 Å². The van der Waals surface area contributed by atoms with Crippen molar-refractivity contribution in [3.63, 3.8) is 0 Å². The summed E-state index contributed by atoms with van der Waals surface area (Å²) in [5.74, 6) is -1.81. The van der Waals surface area contributed by atoms with E-state index < -0.39 is 17.7 Å². The first-order valence-corrected chi connectivity index (χ1v) is 4.93. The van der Waals surface area contributed by atoms with Gasteiger partial charge in [-0.3, -0.25) is 4.79 Å². The molecule has 0 aliphatic heterocycles. The van der Waals surface area contributed by atoms with Crippen LogP contribution in [-0.4, -0.2) is 16.1 Å². The molecule has 1 aliphatic carbocycles. The van der Waals surface area contributed by atoms with Crippen molar-refractivity contribution < 1.29 is 14.3 Å². The van der Waals surface area contributed by atoms with Gasteiger partial charge in [-0.15, -0.1) is 0 Å². The van der Waals surface area contributed by atoms with E-state index in [0.29, 0.717) is 22.2 Å². The Bertz CT molecular complexity index is 377. The molecule has 0 amide bonds. The largest absolute Gasteiger partial charge is 0.481 e. The van der Waals surface area contributed by atoms with Gasteiger partial charge in [0.2, 0.25) is 0 Å². The fourth-order valence-corrected chi connectivity index (χ4v) is 2.21. The van der Waals surface area contributed by atoms with Gasteiger partial charge in [0.1, 0.15) is 10.4 Å². The zero-order valence-electron chi connectivity index (χ0n) is 7.13. The number of aromatic nitrogens is 1. The standard InChI is InChI=1S/C9H7BrFNO2/c10-8-6-2-4(9(13)14)1-5(6)7(11)3-12-8/h3-4H,1-2H2,(H,13,14). The second-order valence-electron chi connectivity index (χ2n) is 3.30. The van der Waals surface area contributed by atoms with Crippen molar-refractivity contribution in [3.8, 4) is 0 Å². The van der Waals surface area contributed by atoms with Crippen LogP contribution in [0.5, 0.6) is 0 Å². The maximum Gasteiger partial charge on any atom is 0.307 e. The zero-order valence-corrected chi connectivity index (χ0v) is 8.71. The van der Waals surface area contributed by atoms with E-state index in [4.69, 9.17) is 5.11 Å². The fourth-order valence-electron chi connectivity index (χ4n) is 1.71. The summed E-state index contributed by atoms with van der Waals surface area (Å²) in [4.78, 5) is 14.5. The molecule has 74 valence electrons. The second-order valence-corrected chi connectivity index (χ2v) is 4.05. The van der Waals surface area contributed by atoms with Crippen molar-refractivity contribution in [1.82, 2.24) is 4.98 Å². The van der Waals surface area contributed by atoms with E-state index in [-0.39, 0.29) is 6.42 Å². The van der Waals surface area contributed by atoms with Crippen molar-refractivity contribution in [2.75, 3.05) is 0 Å². The van der Waals surface area contributed by atoms with Gasteiger partial charge >= 0.3 is 5.97 Å². The molecular weight excluding hydrogens is 253 g/mol. The van der Waals surface area contributed by atoms with Crippen molar-refractivity contribution in [2.24, 2.45) is 5.92 Å². The number of carbonyl (C=O) groups is 1. The van der Waals surface area contributed by atoms with Gasteiger partial charge in [0.05, 0.1) is 12.1 Å². The quantitative estimate of drug-likeness (QED) is 0.783. The molecule has 0 bridgehead atoms. The molecule has 0 fully saturated rings. The monoisotopic (exact) mass is 259 g/mol. The zero-order chi connectivity index (χ0) is 10.3. The average molecular weight is 260 g/mol. The molecule has 1 heterocycles. The molecule has 1 atom stereocenters. The summed E-state index contributed by atoms with van der Waals surface area (Å²) in [5.41, 5.74) is 1.18. The van der Waals surface area contributed by atoms with Crippen LogP contribution in [0, 0.1) is 11.7 Å². The number of pyridine rings is 1.